The Morgan fingerprint density at radius 2 is 1.80 bits per heavy atom. The first kappa shape index (κ1) is 10.8. The summed E-state index contributed by atoms with van der Waals surface area (Å²) in [5.41, 5.74) is 2.78. The van der Waals surface area contributed by atoms with Crippen LogP contribution in [0.5, 0.6) is 0 Å². The summed E-state index contributed by atoms with van der Waals surface area (Å²) in [6.07, 6.45) is 0. The molecule has 0 radical (unpaired) electrons. The molecule has 2 aromatic rings. The van der Waals surface area contributed by atoms with Gasteiger partial charge in [-0.25, -0.2) is 4.79 Å². The van der Waals surface area contributed by atoms with Crippen LogP contribution in [-0.2, 0) is 20.0 Å². The molecule has 0 aliphatic heterocycles. The van der Waals surface area contributed by atoms with E-state index in [1.54, 1.807) is 23.2 Å². The van der Waals surface area contributed by atoms with Gasteiger partial charge in [-0.15, -0.1) is 11.6 Å². The fraction of sp³-hybridized carbons (Fsp3) is 0.300. The van der Waals surface area contributed by atoms with Crippen LogP contribution < -0.4 is 5.69 Å². The molecule has 3 nitrogen and oxygen atoms in total. The molecular formula is C10H10BrClN2O. The molecule has 0 bridgehead atoms. The topological polar surface area (TPSA) is 26.9 Å². The summed E-state index contributed by atoms with van der Waals surface area (Å²) >= 11 is 9.24. The van der Waals surface area contributed by atoms with Gasteiger partial charge in [-0.05, 0) is 17.7 Å². The van der Waals surface area contributed by atoms with Crippen molar-refractivity contribution in [2.75, 3.05) is 0 Å². The van der Waals surface area contributed by atoms with E-state index in [9.17, 15) is 4.79 Å². The molecule has 1 aromatic heterocycles. The van der Waals surface area contributed by atoms with Gasteiger partial charge in [0.2, 0.25) is 0 Å². The highest BCUT2D eigenvalue weighted by Gasteiger charge is 2.10. The Morgan fingerprint density at radius 3 is 2.33 bits per heavy atom. The van der Waals surface area contributed by atoms with Crippen molar-refractivity contribution in [2.45, 2.75) is 5.88 Å². The number of alkyl halides is 1. The van der Waals surface area contributed by atoms with E-state index in [4.69, 9.17) is 11.6 Å². The zero-order chi connectivity index (χ0) is 11.2. The molecule has 0 N–H and O–H groups in total. The first-order valence-electron chi connectivity index (χ1n) is 4.46. The zero-order valence-electron chi connectivity index (χ0n) is 8.42. The standard InChI is InChI=1S/C10H10BrClN2O/c1-13-8-3-6(5-12)7(11)4-9(8)14(2)10(13)15/h3-4H,5H2,1-2H3. The van der Waals surface area contributed by atoms with Crippen LogP contribution in [0.4, 0.5) is 0 Å². The molecule has 5 heteroatoms. The molecule has 80 valence electrons. The van der Waals surface area contributed by atoms with Crippen LogP contribution >= 0.6 is 27.5 Å². The molecule has 2 rings (SSSR count). The molecule has 0 atom stereocenters. The zero-order valence-corrected chi connectivity index (χ0v) is 10.8. The van der Waals surface area contributed by atoms with Gasteiger partial charge in [-0.3, -0.25) is 9.13 Å². The van der Waals surface area contributed by atoms with Crippen LogP contribution in [0.15, 0.2) is 21.4 Å². The highest BCUT2D eigenvalue weighted by molar-refractivity contribution is 9.10. The van der Waals surface area contributed by atoms with Gasteiger partial charge in [0.25, 0.3) is 0 Å². The van der Waals surface area contributed by atoms with E-state index in [1.807, 2.05) is 12.1 Å². The third-order valence-corrected chi connectivity index (χ3v) is 3.61. The molecular weight excluding hydrogens is 279 g/mol. The van der Waals surface area contributed by atoms with Crippen LogP contribution in [0.2, 0.25) is 0 Å². The number of halogens is 2. The minimum Gasteiger partial charge on any atom is -0.295 e. The Balaban J connectivity index is 2.94. The van der Waals surface area contributed by atoms with Gasteiger partial charge in [-0.1, -0.05) is 15.9 Å². The van der Waals surface area contributed by atoms with Crippen molar-refractivity contribution in [3.8, 4) is 0 Å². The average molecular weight is 290 g/mol. The number of aryl methyl sites for hydroxylation is 2. The molecule has 0 spiro atoms. The molecule has 0 unspecified atom stereocenters. The SMILES string of the molecule is Cn1c(=O)n(C)c2cc(CCl)c(Br)cc21. The van der Waals surface area contributed by atoms with Crippen LogP contribution in [0.25, 0.3) is 11.0 Å². The van der Waals surface area contributed by atoms with E-state index in [0.717, 1.165) is 21.1 Å². The van der Waals surface area contributed by atoms with Crippen LogP contribution in [0, 0.1) is 0 Å². The van der Waals surface area contributed by atoms with E-state index in [1.165, 1.54) is 0 Å². The maximum atomic E-state index is 11.7. The monoisotopic (exact) mass is 288 g/mol. The molecule has 0 aliphatic rings. The summed E-state index contributed by atoms with van der Waals surface area (Å²) in [5, 5.41) is 0. The van der Waals surface area contributed by atoms with Crippen molar-refractivity contribution in [2.24, 2.45) is 14.1 Å². The van der Waals surface area contributed by atoms with Crippen molar-refractivity contribution >= 4 is 38.6 Å². The molecule has 15 heavy (non-hydrogen) atoms. The first-order valence-corrected chi connectivity index (χ1v) is 5.78. The molecule has 1 heterocycles. The molecule has 0 aliphatic carbocycles. The predicted molar refractivity (Wildman–Crippen MR) is 65.4 cm³/mol. The number of benzene rings is 1. The first-order chi connectivity index (χ1) is 7.06. The van der Waals surface area contributed by atoms with E-state index in [0.29, 0.717) is 5.88 Å². The van der Waals surface area contributed by atoms with Gasteiger partial charge in [-0.2, -0.15) is 0 Å². The summed E-state index contributed by atoms with van der Waals surface area (Å²) in [4.78, 5) is 11.7. The van der Waals surface area contributed by atoms with Crippen molar-refractivity contribution in [1.82, 2.24) is 9.13 Å². The minimum absolute atomic E-state index is 0.0244. The highest BCUT2D eigenvalue weighted by atomic mass is 79.9. The number of fused-ring (bicyclic) bond motifs is 1. The lowest BCUT2D eigenvalue weighted by molar-refractivity contribution is 0.795. The summed E-state index contributed by atoms with van der Waals surface area (Å²) in [6, 6.07) is 3.86. The second-order valence-electron chi connectivity index (χ2n) is 3.47. The van der Waals surface area contributed by atoms with Crippen molar-refractivity contribution in [3.05, 3.63) is 32.7 Å². The third-order valence-electron chi connectivity index (χ3n) is 2.58. The van der Waals surface area contributed by atoms with Gasteiger partial charge in [0.05, 0.1) is 11.0 Å². The van der Waals surface area contributed by atoms with Crippen molar-refractivity contribution < 1.29 is 0 Å². The van der Waals surface area contributed by atoms with Crippen molar-refractivity contribution in [3.63, 3.8) is 0 Å². The lowest BCUT2D eigenvalue weighted by Crippen LogP contribution is -2.19. The second kappa shape index (κ2) is 3.68. The maximum absolute atomic E-state index is 11.7. The summed E-state index contributed by atoms with van der Waals surface area (Å²) in [6.45, 7) is 0. The number of nitrogens with zero attached hydrogens (tertiary/aromatic N) is 2. The highest BCUT2D eigenvalue weighted by Crippen LogP contribution is 2.24. The minimum atomic E-state index is -0.0244. The Labute approximate surface area is 100 Å². The number of rotatable bonds is 1. The maximum Gasteiger partial charge on any atom is 0.328 e. The number of hydrogen-bond acceptors (Lipinski definition) is 1. The average Bonchev–Trinajstić information content (AvgIpc) is 2.43. The second-order valence-corrected chi connectivity index (χ2v) is 4.59. The van der Waals surface area contributed by atoms with Crippen LogP contribution in [0.3, 0.4) is 0 Å². The van der Waals surface area contributed by atoms with Crippen LogP contribution in [0.1, 0.15) is 5.56 Å². The summed E-state index contributed by atoms with van der Waals surface area (Å²) in [7, 11) is 3.52. The van der Waals surface area contributed by atoms with Crippen molar-refractivity contribution in [1.29, 1.82) is 0 Å². The fourth-order valence-corrected chi connectivity index (χ4v) is 2.52. The summed E-state index contributed by atoms with van der Waals surface area (Å²) < 4.78 is 4.18. The molecule has 0 fully saturated rings. The van der Waals surface area contributed by atoms with E-state index < -0.39 is 0 Å². The van der Waals surface area contributed by atoms with Gasteiger partial charge < -0.3 is 0 Å². The lowest BCUT2D eigenvalue weighted by atomic mass is 10.2. The lowest BCUT2D eigenvalue weighted by Gasteiger charge is -2.02. The molecule has 1 aromatic carbocycles. The van der Waals surface area contributed by atoms with E-state index in [2.05, 4.69) is 15.9 Å². The Kier molecular flexibility index (Phi) is 2.64. The largest absolute Gasteiger partial charge is 0.328 e. The Morgan fingerprint density at radius 1 is 1.27 bits per heavy atom. The Bertz CT molecular complexity index is 585. The molecule has 0 saturated carbocycles. The van der Waals surface area contributed by atoms with Gasteiger partial charge in [0.15, 0.2) is 0 Å². The number of imidazole rings is 1. The number of aromatic nitrogens is 2. The van der Waals surface area contributed by atoms with Gasteiger partial charge in [0.1, 0.15) is 0 Å². The normalized spacial score (nSPS) is 11.2. The third kappa shape index (κ3) is 1.52. The van der Waals surface area contributed by atoms with E-state index >= 15 is 0 Å². The predicted octanol–water partition coefficient (Wildman–Crippen LogP) is 2.38. The fourth-order valence-electron chi connectivity index (χ4n) is 1.67. The van der Waals surface area contributed by atoms with E-state index in [-0.39, 0.29) is 5.69 Å². The Hall–Kier alpha value is -0.740. The quantitative estimate of drug-likeness (QED) is 0.741. The molecule has 0 amide bonds. The number of hydrogen-bond donors (Lipinski definition) is 0. The molecule has 0 saturated heterocycles. The van der Waals surface area contributed by atoms with Crippen LogP contribution in [-0.4, -0.2) is 9.13 Å². The smallest absolute Gasteiger partial charge is 0.295 e. The summed E-state index contributed by atoms with van der Waals surface area (Å²) in [5.74, 6) is 0.430. The van der Waals surface area contributed by atoms with Gasteiger partial charge in [0, 0.05) is 24.4 Å². The van der Waals surface area contributed by atoms with Gasteiger partial charge >= 0.3 is 5.69 Å².